The van der Waals surface area contributed by atoms with Gasteiger partial charge in [-0.1, -0.05) is 20.8 Å². The predicted molar refractivity (Wildman–Crippen MR) is 57.2 cm³/mol. The second-order valence-corrected chi connectivity index (χ2v) is 5.19. The third-order valence-electron chi connectivity index (χ3n) is 2.60. The quantitative estimate of drug-likeness (QED) is 0.697. The van der Waals surface area contributed by atoms with Crippen LogP contribution in [0.5, 0.6) is 0 Å². The number of β-amino-alcohol motifs (C(OH)–C–C–N with tert-alkyl or cyclic N) is 2. The lowest BCUT2D eigenvalue weighted by Gasteiger charge is -2.12. The number of hydrogen-bond donors (Lipinski definition) is 2. The van der Waals surface area contributed by atoms with Crippen molar-refractivity contribution in [1.29, 1.82) is 0 Å². The van der Waals surface area contributed by atoms with Crippen molar-refractivity contribution >= 4 is 5.95 Å². The van der Waals surface area contributed by atoms with Gasteiger partial charge in [-0.3, -0.25) is 0 Å². The summed E-state index contributed by atoms with van der Waals surface area (Å²) in [5.74, 6) is 0.985. The highest BCUT2D eigenvalue weighted by Gasteiger charge is 2.33. The van der Waals surface area contributed by atoms with Crippen molar-refractivity contribution < 1.29 is 14.7 Å². The van der Waals surface area contributed by atoms with Crippen LogP contribution < -0.4 is 4.90 Å². The van der Waals surface area contributed by atoms with E-state index in [1.54, 1.807) is 4.90 Å². The molecule has 2 rings (SSSR count). The second kappa shape index (κ2) is 3.71. The summed E-state index contributed by atoms with van der Waals surface area (Å²) in [6.07, 6.45) is -1.48. The second-order valence-electron chi connectivity index (χ2n) is 5.19. The third kappa shape index (κ3) is 2.03. The van der Waals surface area contributed by atoms with Gasteiger partial charge in [-0.15, -0.1) is 0 Å². The highest BCUT2D eigenvalue weighted by molar-refractivity contribution is 5.31. The average Bonchev–Trinajstić information content (AvgIpc) is 2.73. The van der Waals surface area contributed by atoms with Gasteiger partial charge in [0.05, 0.1) is 12.2 Å². The van der Waals surface area contributed by atoms with Crippen LogP contribution in [0.4, 0.5) is 5.95 Å². The summed E-state index contributed by atoms with van der Waals surface area (Å²) in [5.41, 5.74) is -0.192. The number of aliphatic hydroxyl groups excluding tert-OH is 2. The number of anilines is 1. The molecule has 2 N–H and O–H groups in total. The first-order valence-electron chi connectivity index (χ1n) is 5.33. The fourth-order valence-electron chi connectivity index (χ4n) is 1.58. The van der Waals surface area contributed by atoms with Crippen LogP contribution in [-0.2, 0) is 5.41 Å². The maximum Gasteiger partial charge on any atom is 0.266 e. The van der Waals surface area contributed by atoms with Crippen LogP contribution in [0.25, 0.3) is 0 Å². The first kappa shape index (κ1) is 11.3. The molecule has 6 heteroatoms. The van der Waals surface area contributed by atoms with Gasteiger partial charge in [0.25, 0.3) is 5.95 Å². The van der Waals surface area contributed by atoms with Gasteiger partial charge in [-0.25, -0.2) is 0 Å². The van der Waals surface area contributed by atoms with Crippen LogP contribution in [-0.4, -0.2) is 45.7 Å². The van der Waals surface area contributed by atoms with E-state index in [2.05, 4.69) is 10.1 Å². The third-order valence-corrected chi connectivity index (χ3v) is 2.60. The van der Waals surface area contributed by atoms with Gasteiger partial charge in [-0.05, 0) is 5.16 Å². The molecular formula is C10H17N3O3. The first-order chi connectivity index (χ1) is 7.38. The Labute approximate surface area is 93.9 Å². The van der Waals surface area contributed by atoms with Crippen molar-refractivity contribution in [1.82, 2.24) is 10.1 Å². The molecule has 1 aliphatic rings. The van der Waals surface area contributed by atoms with Crippen molar-refractivity contribution in [3.8, 4) is 0 Å². The fraction of sp³-hybridized carbons (Fsp3) is 0.800. The van der Waals surface area contributed by atoms with Crippen LogP contribution in [0.3, 0.4) is 0 Å². The minimum atomic E-state index is -0.739. The Morgan fingerprint density at radius 2 is 1.81 bits per heavy atom. The van der Waals surface area contributed by atoms with Gasteiger partial charge in [-0.2, -0.15) is 4.98 Å². The largest absolute Gasteiger partial charge is 0.388 e. The van der Waals surface area contributed by atoms with Crippen molar-refractivity contribution in [3.05, 3.63) is 5.89 Å². The number of hydrogen-bond acceptors (Lipinski definition) is 6. The van der Waals surface area contributed by atoms with Crippen LogP contribution in [0, 0.1) is 0 Å². The van der Waals surface area contributed by atoms with Gasteiger partial charge < -0.3 is 19.6 Å². The molecule has 0 saturated carbocycles. The molecule has 1 fully saturated rings. The normalized spacial score (nSPS) is 26.4. The molecule has 2 unspecified atom stereocenters. The zero-order valence-corrected chi connectivity index (χ0v) is 9.71. The zero-order valence-electron chi connectivity index (χ0n) is 9.71. The summed E-state index contributed by atoms with van der Waals surface area (Å²) in [6.45, 7) is 6.63. The first-order valence-corrected chi connectivity index (χ1v) is 5.33. The van der Waals surface area contributed by atoms with Gasteiger partial charge in [0.15, 0.2) is 0 Å². The Morgan fingerprint density at radius 1 is 1.25 bits per heavy atom. The van der Waals surface area contributed by atoms with E-state index in [4.69, 9.17) is 4.52 Å². The zero-order chi connectivity index (χ0) is 11.9. The summed E-state index contributed by atoms with van der Waals surface area (Å²) in [5, 5.41) is 22.7. The van der Waals surface area contributed by atoms with E-state index in [9.17, 15) is 10.2 Å². The maximum atomic E-state index is 9.42. The van der Waals surface area contributed by atoms with E-state index in [-0.39, 0.29) is 5.41 Å². The van der Waals surface area contributed by atoms with Crippen molar-refractivity contribution in [2.24, 2.45) is 0 Å². The van der Waals surface area contributed by atoms with E-state index < -0.39 is 12.2 Å². The highest BCUT2D eigenvalue weighted by Crippen LogP contribution is 2.24. The molecule has 0 amide bonds. The lowest BCUT2D eigenvalue weighted by Crippen LogP contribution is -2.22. The van der Waals surface area contributed by atoms with Gasteiger partial charge in [0.2, 0.25) is 5.89 Å². The Kier molecular flexibility index (Phi) is 2.63. The van der Waals surface area contributed by atoms with Crippen LogP contribution in [0.1, 0.15) is 26.7 Å². The minimum absolute atomic E-state index is 0.192. The molecular weight excluding hydrogens is 210 g/mol. The van der Waals surface area contributed by atoms with Gasteiger partial charge in [0.1, 0.15) is 0 Å². The Bertz CT molecular complexity index is 362. The minimum Gasteiger partial charge on any atom is -0.388 e. The number of rotatable bonds is 1. The molecule has 1 aromatic rings. The Hall–Kier alpha value is -1.14. The standard InChI is InChI=1S/C10H17N3O3/c1-10(2,3)8-11-9(12-16-8)13-4-6(14)7(15)5-13/h6-7,14-15H,4-5H2,1-3H3. The van der Waals surface area contributed by atoms with Crippen LogP contribution >= 0.6 is 0 Å². The van der Waals surface area contributed by atoms with E-state index in [0.717, 1.165) is 0 Å². The molecule has 0 bridgehead atoms. The molecule has 1 aromatic heterocycles. The van der Waals surface area contributed by atoms with E-state index in [1.165, 1.54) is 0 Å². The molecule has 2 atom stereocenters. The van der Waals surface area contributed by atoms with Crippen molar-refractivity contribution in [2.45, 2.75) is 38.4 Å². The van der Waals surface area contributed by atoms with Crippen LogP contribution in [0.15, 0.2) is 4.52 Å². The summed E-state index contributed by atoms with van der Waals surface area (Å²) < 4.78 is 5.15. The predicted octanol–water partition coefficient (Wildman–Crippen LogP) is -0.0911. The van der Waals surface area contributed by atoms with Gasteiger partial charge in [0, 0.05) is 18.5 Å². The SMILES string of the molecule is CC(C)(C)c1nc(N2CC(O)C(O)C2)no1. The smallest absolute Gasteiger partial charge is 0.266 e. The number of nitrogens with zero attached hydrogens (tertiary/aromatic N) is 3. The lowest BCUT2D eigenvalue weighted by atomic mass is 9.97. The number of aromatic nitrogens is 2. The van der Waals surface area contributed by atoms with Gasteiger partial charge >= 0.3 is 0 Å². The molecule has 90 valence electrons. The van der Waals surface area contributed by atoms with Crippen LogP contribution in [0.2, 0.25) is 0 Å². The lowest BCUT2D eigenvalue weighted by molar-refractivity contribution is 0.0572. The Balaban J connectivity index is 2.14. The maximum absolute atomic E-state index is 9.42. The highest BCUT2D eigenvalue weighted by atomic mass is 16.5. The summed E-state index contributed by atoms with van der Waals surface area (Å²) in [6, 6.07) is 0. The summed E-state index contributed by atoms with van der Waals surface area (Å²) in [7, 11) is 0. The molecule has 1 aliphatic heterocycles. The summed E-state index contributed by atoms with van der Waals surface area (Å²) >= 11 is 0. The molecule has 2 heterocycles. The molecule has 6 nitrogen and oxygen atoms in total. The summed E-state index contributed by atoms with van der Waals surface area (Å²) in [4.78, 5) is 5.97. The van der Waals surface area contributed by atoms with Crippen molar-refractivity contribution in [3.63, 3.8) is 0 Å². The topological polar surface area (TPSA) is 82.6 Å². The molecule has 0 aromatic carbocycles. The van der Waals surface area contributed by atoms with E-state index in [1.807, 2.05) is 20.8 Å². The van der Waals surface area contributed by atoms with E-state index in [0.29, 0.717) is 24.9 Å². The molecule has 0 radical (unpaired) electrons. The monoisotopic (exact) mass is 227 g/mol. The Morgan fingerprint density at radius 3 is 2.25 bits per heavy atom. The molecule has 1 saturated heterocycles. The molecule has 0 aliphatic carbocycles. The van der Waals surface area contributed by atoms with Crippen molar-refractivity contribution in [2.75, 3.05) is 18.0 Å². The molecule has 16 heavy (non-hydrogen) atoms. The average molecular weight is 227 g/mol. The number of aliphatic hydroxyl groups is 2. The fourth-order valence-corrected chi connectivity index (χ4v) is 1.58. The van der Waals surface area contributed by atoms with E-state index >= 15 is 0 Å². The molecule has 0 spiro atoms.